The lowest BCUT2D eigenvalue weighted by Gasteiger charge is -2.28. The molecule has 0 aromatic carbocycles. The number of anilines is 1. The van der Waals surface area contributed by atoms with Crippen molar-refractivity contribution in [2.24, 2.45) is 5.92 Å². The highest BCUT2D eigenvalue weighted by molar-refractivity contribution is 7.99. The van der Waals surface area contributed by atoms with Gasteiger partial charge in [-0.2, -0.15) is 5.10 Å². The number of thioether (sulfide) groups is 1. The summed E-state index contributed by atoms with van der Waals surface area (Å²) < 4.78 is 7.42. The number of amides is 1. The van der Waals surface area contributed by atoms with E-state index >= 15 is 0 Å². The van der Waals surface area contributed by atoms with Crippen LogP contribution < -0.4 is 10.2 Å². The van der Waals surface area contributed by atoms with E-state index in [4.69, 9.17) is 14.7 Å². The van der Waals surface area contributed by atoms with Crippen LogP contribution in [0.2, 0.25) is 0 Å². The molecule has 176 valence electrons. The molecule has 1 aliphatic carbocycles. The van der Waals surface area contributed by atoms with E-state index in [1.54, 1.807) is 11.8 Å². The zero-order chi connectivity index (χ0) is 22.2. The van der Waals surface area contributed by atoms with E-state index in [1.165, 1.54) is 32.1 Å². The molecule has 0 atom stereocenters. The average molecular weight is 461 g/mol. The first-order valence-electron chi connectivity index (χ1n) is 12.2. The second-order valence-electron chi connectivity index (χ2n) is 8.78. The second kappa shape index (κ2) is 11.8. The van der Waals surface area contributed by atoms with Crippen molar-refractivity contribution in [1.82, 2.24) is 25.1 Å². The van der Waals surface area contributed by atoms with Gasteiger partial charge in [-0.05, 0) is 18.8 Å². The Hall–Kier alpha value is -1.87. The van der Waals surface area contributed by atoms with Gasteiger partial charge in [-0.25, -0.2) is 14.6 Å². The average Bonchev–Trinajstić information content (AvgIpc) is 3.25. The number of aromatic nitrogens is 4. The van der Waals surface area contributed by atoms with Crippen LogP contribution in [0.4, 0.5) is 5.82 Å². The summed E-state index contributed by atoms with van der Waals surface area (Å²) in [5.41, 5.74) is 0.844. The van der Waals surface area contributed by atoms with Crippen LogP contribution in [0.25, 0.3) is 11.0 Å². The largest absolute Gasteiger partial charge is 0.378 e. The fourth-order valence-electron chi connectivity index (χ4n) is 4.56. The van der Waals surface area contributed by atoms with E-state index in [0.717, 1.165) is 59.6 Å². The predicted octanol–water partition coefficient (Wildman–Crippen LogP) is 3.64. The highest BCUT2D eigenvalue weighted by Gasteiger charge is 2.20. The van der Waals surface area contributed by atoms with Crippen LogP contribution in [0, 0.1) is 5.92 Å². The SMILES string of the molecule is CCCSc1nc(N2CCOCC2)c2cnn(CCNC(=O)CCC3CCCCC3)c2n1. The quantitative estimate of drug-likeness (QED) is 0.428. The Morgan fingerprint density at radius 1 is 1.22 bits per heavy atom. The number of ether oxygens (including phenoxy) is 1. The molecule has 8 nitrogen and oxygen atoms in total. The fourth-order valence-corrected chi connectivity index (χ4v) is 5.25. The molecular weight excluding hydrogens is 424 g/mol. The Morgan fingerprint density at radius 3 is 2.81 bits per heavy atom. The van der Waals surface area contributed by atoms with Crippen molar-refractivity contribution in [2.75, 3.05) is 43.5 Å². The maximum Gasteiger partial charge on any atom is 0.220 e. The predicted molar refractivity (Wildman–Crippen MR) is 128 cm³/mol. The Balaban J connectivity index is 1.39. The lowest BCUT2D eigenvalue weighted by molar-refractivity contribution is -0.121. The topological polar surface area (TPSA) is 85.2 Å². The van der Waals surface area contributed by atoms with Crippen molar-refractivity contribution < 1.29 is 9.53 Å². The van der Waals surface area contributed by atoms with Crippen LogP contribution in [0.15, 0.2) is 11.4 Å². The van der Waals surface area contributed by atoms with E-state index in [-0.39, 0.29) is 5.91 Å². The number of rotatable bonds is 10. The van der Waals surface area contributed by atoms with Crippen LogP contribution in [0.1, 0.15) is 58.3 Å². The number of morpholine rings is 1. The van der Waals surface area contributed by atoms with Gasteiger partial charge in [0, 0.05) is 31.8 Å². The highest BCUT2D eigenvalue weighted by atomic mass is 32.2. The molecule has 0 spiro atoms. The Morgan fingerprint density at radius 2 is 2.03 bits per heavy atom. The van der Waals surface area contributed by atoms with Crippen molar-refractivity contribution in [3.05, 3.63) is 6.20 Å². The summed E-state index contributed by atoms with van der Waals surface area (Å²) in [6.45, 7) is 6.41. The molecule has 1 saturated carbocycles. The van der Waals surface area contributed by atoms with Gasteiger partial charge in [0.15, 0.2) is 10.8 Å². The number of fused-ring (bicyclic) bond motifs is 1. The monoisotopic (exact) mass is 460 g/mol. The maximum atomic E-state index is 12.3. The molecule has 1 saturated heterocycles. The second-order valence-corrected chi connectivity index (χ2v) is 9.84. The smallest absolute Gasteiger partial charge is 0.220 e. The molecule has 1 amide bonds. The fraction of sp³-hybridized carbons (Fsp3) is 0.739. The molecule has 3 heterocycles. The van der Waals surface area contributed by atoms with E-state index in [0.29, 0.717) is 32.7 Å². The number of hydrogen-bond acceptors (Lipinski definition) is 7. The van der Waals surface area contributed by atoms with Crippen LogP contribution in [-0.2, 0) is 16.1 Å². The normalized spacial score (nSPS) is 17.7. The Labute approximate surface area is 194 Å². The number of carbonyl (C=O) groups is 1. The summed E-state index contributed by atoms with van der Waals surface area (Å²) in [6.07, 6.45) is 11.2. The van der Waals surface area contributed by atoms with Gasteiger partial charge >= 0.3 is 0 Å². The lowest BCUT2D eigenvalue weighted by atomic mass is 9.86. The lowest BCUT2D eigenvalue weighted by Crippen LogP contribution is -2.37. The third kappa shape index (κ3) is 6.13. The van der Waals surface area contributed by atoms with Crippen molar-refractivity contribution in [2.45, 2.75) is 70.0 Å². The summed E-state index contributed by atoms with van der Waals surface area (Å²) in [7, 11) is 0. The summed E-state index contributed by atoms with van der Waals surface area (Å²) in [4.78, 5) is 24.2. The molecule has 0 bridgehead atoms. The van der Waals surface area contributed by atoms with Crippen LogP contribution >= 0.6 is 11.8 Å². The van der Waals surface area contributed by atoms with E-state index in [1.807, 2.05) is 10.9 Å². The van der Waals surface area contributed by atoms with Crippen LogP contribution in [0.5, 0.6) is 0 Å². The summed E-state index contributed by atoms with van der Waals surface area (Å²) in [5, 5.41) is 9.42. The van der Waals surface area contributed by atoms with Crippen LogP contribution in [0.3, 0.4) is 0 Å². The van der Waals surface area contributed by atoms with E-state index in [2.05, 4.69) is 22.2 Å². The molecule has 0 unspecified atom stereocenters. The Bertz CT molecular complexity index is 877. The molecule has 2 aromatic heterocycles. The van der Waals surface area contributed by atoms with Gasteiger partial charge in [0.05, 0.1) is 31.3 Å². The molecule has 1 aliphatic heterocycles. The molecule has 1 N–H and O–H groups in total. The molecule has 2 aromatic rings. The number of nitrogens with one attached hydrogen (secondary N) is 1. The molecule has 32 heavy (non-hydrogen) atoms. The van der Waals surface area contributed by atoms with Crippen LogP contribution in [-0.4, -0.2) is 64.3 Å². The van der Waals surface area contributed by atoms with Gasteiger partial charge in [-0.1, -0.05) is 50.8 Å². The van der Waals surface area contributed by atoms with Gasteiger partial charge in [0.25, 0.3) is 0 Å². The van der Waals surface area contributed by atoms with Gasteiger partial charge in [0.2, 0.25) is 5.91 Å². The van der Waals surface area contributed by atoms with Crippen molar-refractivity contribution >= 4 is 34.5 Å². The summed E-state index contributed by atoms with van der Waals surface area (Å²) in [5.74, 6) is 2.81. The number of nitrogens with zero attached hydrogens (tertiary/aromatic N) is 5. The van der Waals surface area contributed by atoms with Crippen molar-refractivity contribution in [3.8, 4) is 0 Å². The molecule has 2 fully saturated rings. The van der Waals surface area contributed by atoms with Crippen molar-refractivity contribution in [3.63, 3.8) is 0 Å². The standard InChI is InChI=1S/C23H36N6O2S/c1-2-16-32-23-26-21(28-12-14-31-15-13-28)19-17-25-29(22(19)27-23)11-10-24-20(30)9-8-18-6-4-3-5-7-18/h17-18H,2-16H2,1H3,(H,24,30). The van der Waals surface area contributed by atoms with Crippen molar-refractivity contribution in [1.29, 1.82) is 0 Å². The molecule has 0 radical (unpaired) electrons. The minimum atomic E-state index is 0.148. The highest BCUT2D eigenvalue weighted by Crippen LogP contribution is 2.28. The summed E-state index contributed by atoms with van der Waals surface area (Å²) >= 11 is 1.68. The van der Waals surface area contributed by atoms with Gasteiger partial charge in [-0.3, -0.25) is 4.79 Å². The molecular formula is C23H36N6O2S. The third-order valence-corrected chi connectivity index (χ3v) is 7.40. The first kappa shape index (κ1) is 23.3. The zero-order valence-electron chi connectivity index (χ0n) is 19.2. The number of hydrogen-bond donors (Lipinski definition) is 1. The first-order valence-corrected chi connectivity index (χ1v) is 13.2. The molecule has 9 heteroatoms. The van der Waals surface area contributed by atoms with Gasteiger partial charge in [-0.15, -0.1) is 0 Å². The minimum Gasteiger partial charge on any atom is -0.378 e. The van der Waals surface area contributed by atoms with E-state index in [9.17, 15) is 4.79 Å². The third-order valence-electron chi connectivity index (χ3n) is 6.35. The van der Waals surface area contributed by atoms with Gasteiger partial charge < -0.3 is 15.0 Å². The zero-order valence-corrected chi connectivity index (χ0v) is 20.0. The molecule has 4 rings (SSSR count). The number of carbonyl (C=O) groups excluding carboxylic acids is 1. The Kier molecular flexibility index (Phi) is 8.62. The van der Waals surface area contributed by atoms with E-state index < -0.39 is 0 Å². The van der Waals surface area contributed by atoms with Gasteiger partial charge in [0.1, 0.15) is 5.82 Å². The maximum absolute atomic E-state index is 12.3. The minimum absolute atomic E-state index is 0.148. The first-order chi connectivity index (χ1) is 15.7. The molecule has 2 aliphatic rings. The summed E-state index contributed by atoms with van der Waals surface area (Å²) in [6, 6.07) is 0.